The van der Waals surface area contributed by atoms with Gasteiger partial charge in [0.25, 0.3) is 5.91 Å². The summed E-state index contributed by atoms with van der Waals surface area (Å²) in [6.07, 6.45) is 2.21. The molecule has 3 nitrogen and oxygen atoms in total. The van der Waals surface area contributed by atoms with Gasteiger partial charge < -0.3 is 10.6 Å². The second kappa shape index (κ2) is 5.81. The zero-order valence-corrected chi connectivity index (χ0v) is 14.2. The van der Waals surface area contributed by atoms with Gasteiger partial charge in [-0.25, -0.2) is 0 Å². The molecule has 3 rings (SSSR count). The van der Waals surface area contributed by atoms with Gasteiger partial charge in [0.1, 0.15) is 0 Å². The highest BCUT2D eigenvalue weighted by atomic mass is 79.9. The molecule has 0 saturated heterocycles. The van der Waals surface area contributed by atoms with Crippen LogP contribution in [0.3, 0.4) is 0 Å². The van der Waals surface area contributed by atoms with Crippen LogP contribution in [0.25, 0.3) is 0 Å². The Morgan fingerprint density at radius 3 is 2.57 bits per heavy atom. The van der Waals surface area contributed by atoms with E-state index >= 15 is 0 Å². The standard InChI is InChI=1S/C16H17BrN2OS/c1-10-8-14(21-15(10)17)16(20)19(13-6-7-13)9-11-2-4-12(18)5-3-11/h2-5,8,13H,6-7,9,18H2,1H3. The SMILES string of the molecule is Cc1cc(C(=O)N(Cc2ccc(N)cc2)C2CC2)sc1Br. The molecule has 1 aliphatic carbocycles. The molecular weight excluding hydrogens is 348 g/mol. The molecule has 0 aliphatic heterocycles. The number of rotatable bonds is 4. The molecule has 0 radical (unpaired) electrons. The van der Waals surface area contributed by atoms with Crippen LogP contribution >= 0.6 is 27.3 Å². The van der Waals surface area contributed by atoms with Crippen molar-refractivity contribution in [3.8, 4) is 0 Å². The summed E-state index contributed by atoms with van der Waals surface area (Å²) >= 11 is 5.01. The van der Waals surface area contributed by atoms with Gasteiger partial charge in [-0.1, -0.05) is 12.1 Å². The summed E-state index contributed by atoms with van der Waals surface area (Å²) in [6, 6.07) is 10.1. The molecule has 1 aromatic carbocycles. The second-order valence-electron chi connectivity index (χ2n) is 5.47. The molecule has 1 saturated carbocycles. The number of amides is 1. The van der Waals surface area contributed by atoms with Gasteiger partial charge >= 0.3 is 0 Å². The highest BCUT2D eigenvalue weighted by molar-refractivity contribution is 9.11. The summed E-state index contributed by atoms with van der Waals surface area (Å²) in [6.45, 7) is 2.66. The van der Waals surface area contributed by atoms with E-state index in [-0.39, 0.29) is 5.91 Å². The van der Waals surface area contributed by atoms with E-state index in [4.69, 9.17) is 5.73 Å². The maximum absolute atomic E-state index is 12.8. The van der Waals surface area contributed by atoms with Crippen LogP contribution in [-0.2, 0) is 6.54 Å². The van der Waals surface area contributed by atoms with Gasteiger partial charge in [0.2, 0.25) is 0 Å². The number of nitrogens with zero attached hydrogens (tertiary/aromatic N) is 1. The zero-order chi connectivity index (χ0) is 15.0. The number of hydrogen-bond donors (Lipinski definition) is 1. The minimum Gasteiger partial charge on any atom is -0.399 e. The van der Waals surface area contributed by atoms with Crippen molar-refractivity contribution in [2.24, 2.45) is 0 Å². The average Bonchev–Trinajstić information content (AvgIpc) is 3.24. The maximum Gasteiger partial charge on any atom is 0.264 e. The van der Waals surface area contributed by atoms with Crippen LogP contribution in [0.1, 0.15) is 33.6 Å². The van der Waals surface area contributed by atoms with E-state index in [1.54, 1.807) is 0 Å². The second-order valence-corrected chi connectivity index (χ2v) is 7.84. The molecule has 1 amide bonds. The largest absolute Gasteiger partial charge is 0.399 e. The Morgan fingerprint density at radius 2 is 2.05 bits per heavy atom. The lowest BCUT2D eigenvalue weighted by Gasteiger charge is -2.22. The van der Waals surface area contributed by atoms with E-state index in [1.807, 2.05) is 42.2 Å². The van der Waals surface area contributed by atoms with Gasteiger partial charge in [-0.2, -0.15) is 0 Å². The summed E-state index contributed by atoms with van der Waals surface area (Å²) in [5.74, 6) is 0.133. The molecule has 2 N–H and O–H groups in total. The van der Waals surface area contributed by atoms with Crippen molar-refractivity contribution >= 4 is 38.9 Å². The quantitative estimate of drug-likeness (QED) is 0.826. The van der Waals surface area contributed by atoms with Crippen LogP contribution in [0.2, 0.25) is 0 Å². The normalized spacial score (nSPS) is 14.2. The van der Waals surface area contributed by atoms with Crippen LogP contribution in [0, 0.1) is 6.92 Å². The van der Waals surface area contributed by atoms with Crippen molar-refractivity contribution in [3.63, 3.8) is 0 Å². The third kappa shape index (κ3) is 3.30. The number of nitrogens with two attached hydrogens (primary N) is 1. The van der Waals surface area contributed by atoms with Gasteiger partial charge in [-0.3, -0.25) is 4.79 Å². The molecular formula is C16H17BrN2OS. The molecule has 1 aromatic heterocycles. The lowest BCUT2D eigenvalue weighted by molar-refractivity contribution is 0.0735. The van der Waals surface area contributed by atoms with Crippen LogP contribution in [0.5, 0.6) is 0 Å². The molecule has 5 heteroatoms. The fraction of sp³-hybridized carbons (Fsp3) is 0.312. The topological polar surface area (TPSA) is 46.3 Å². The van der Waals surface area contributed by atoms with Gasteiger partial charge in [-0.05, 0) is 65.0 Å². The number of aryl methyl sites for hydroxylation is 1. The number of thiophene rings is 1. The smallest absolute Gasteiger partial charge is 0.264 e. The third-order valence-electron chi connectivity index (χ3n) is 3.65. The number of anilines is 1. The minimum atomic E-state index is 0.133. The number of benzene rings is 1. The van der Waals surface area contributed by atoms with Gasteiger partial charge in [0, 0.05) is 18.3 Å². The Labute approximate surface area is 136 Å². The zero-order valence-electron chi connectivity index (χ0n) is 11.8. The summed E-state index contributed by atoms with van der Waals surface area (Å²) in [5.41, 5.74) is 8.71. The molecule has 2 aromatic rings. The van der Waals surface area contributed by atoms with Crippen molar-refractivity contribution in [2.45, 2.75) is 32.4 Å². The number of halogens is 1. The fourth-order valence-electron chi connectivity index (χ4n) is 2.28. The van der Waals surface area contributed by atoms with Crippen LogP contribution in [-0.4, -0.2) is 16.8 Å². The summed E-state index contributed by atoms with van der Waals surface area (Å²) < 4.78 is 1.04. The lowest BCUT2D eigenvalue weighted by Crippen LogP contribution is -2.32. The van der Waals surface area contributed by atoms with Crippen molar-refractivity contribution in [2.75, 3.05) is 5.73 Å². The van der Waals surface area contributed by atoms with Crippen LogP contribution < -0.4 is 5.73 Å². The fourth-order valence-corrected chi connectivity index (χ4v) is 3.77. The van der Waals surface area contributed by atoms with E-state index in [2.05, 4.69) is 15.9 Å². The number of hydrogen-bond acceptors (Lipinski definition) is 3. The summed E-state index contributed by atoms with van der Waals surface area (Å²) in [4.78, 5) is 15.6. The first-order chi connectivity index (χ1) is 10.0. The summed E-state index contributed by atoms with van der Waals surface area (Å²) in [5, 5.41) is 0. The molecule has 0 atom stereocenters. The van der Waals surface area contributed by atoms with Crippen molar-refractivity contribution in [1.82, 2.24) is 4.90 Å². The number of carbonyl (C=O) groups is 1. The van der Waals surface area contributed by atoms with E-state index in [1.165, 1.54) is 11.3 Å². The Bertz CT molecular complexity index is 642. The molecule has 110 valence electrons. The lowest BCUT2D eigenvalue weighted by atomic mass is 10.2. The van der Waals surface area contributed by atoms with Gasteiger partial charge in [-0.15, -0.1) is 11.3 Å². The van der Waals surface area contributed by atoms with Gasteiger partial charge in [0.15, 0.2) is 0 Å². The average molecular weight is 365 g/mol. The predicted octanol–water partition coefficient (Wildman–Crippen LogP) is 4.21. The Balaban J connectivity index is 1.81. The molecule has 1 fully saturated rings. The van der Waals surface area contributed by atoms with Crippen molar-refractivity contribution in [1.29, 1.82) is 0 Å². The minimum absolute atomic E-state index is 0.133. The van der Waals surface area contributed by atoms with E-state index in [9.17, 15) is 4.79 Å². The van der Waals surface area contributed by atoms with E-state index in [0.29, 0.717) is 12.6 Å². The molecule has 0 bridgehead atoms. The predicted molar refractivity (Wildman–Crippen MR) is 90.5 cm³/mol. The maximum atomic E-state index is 12.8. The Morgan fingerprint density at radius 1 is 1.38 bits per heavy atom. The molecule has 1 heterocycles. The molecule has 21 heavy (non-hydrogen) atoms. The first-order valence-electron chi connectivity index (χ1n) is 6.96. The molecule has 1 aliphatic rings. The first-order valence-corrected chi connectivity index (χ1v) is 8.57. The van der Waals surface area contributed by atoms with Gasteiger partial charge in [0.05, 0.1) is 8.66 Å². The summed E-state index contributed by atoms with van der Waals surface area (Å²) in [7, 11) is 0. The third-order valence-corrected chi connectivity index (χ3v) is 5.77. The van der Waals surface area contributed by atoms with Crippen LogP contribution in [0.15, 0.2) is 34.1 Å². The Hall–Kier alpha value is -1.33. The number of nitrogen functional groups attached to an aromatic ring is 1. The number of carbonyl (C=O) groups excluding carboxylic acids is 1. The van der Waals surface area contributed by atoms with Crippen molar-refractivity contribution in [3.05, 3.63) is 50.1 Å². The Kier molecular flexibility index (Phi) is 4.04. The van der Waals surface area contributed by atoms with Crippen LogP contribution in [0.4, 0.5) is 5.69 Å². The molecule has 0 spiro atoms. The monoisotopic (exact) mass is 364 g/mol. The van der Waals surface area contributed by atoms with E-state index in [0.717, 1.165) is 38.3 Å². The highest BCUT2D eigenvalue weighted by Crippen LogP contribution is 2.33. The van der Waals surface area contributed by atoms with Crippen molar-refractivity contribution < 1.29 is 4.79 Å². The molecule has 0 unspecified atom stereocenters. The highest BCUT2D eigenvalue weighted by Gasteiger charge is 2.33. The van der Waals surface area contributed by atoms with E-state index < -0.39 is 0 Å². The first kappa shape index (κ1) is 14.6.